The fourth-order valence-corrected chi connectivity index (χ4v) is 4.55. The minimum atomic E-state index is -3.18. The number of hydrogen-bond donors (Lipinski definition) is 2. The monoisotopic (exact) mass is 352 g/mol. The molecule has 0 saturated carbocycles. The van der Waals surface area contributed by atoms with Gasteiger partial charge in [0.1, 0.15) is 5.60 Å². The number of benzene rings is 1. The molecular formula is C17H24N2O4S. The summed E-state index contributed by atoms with van der Waals surface area (Å²) in [6.45, 7) is 0.961. The second kappa shape index (κ2) is 6.46. The van der Waals surface area contributed by atoms with Crippen LogP contribution < -0.4 is 5.32 Å². The van der Waals surface area contributed by atoms with Crippen molar-refractivity contribution < 1.29 is 18.3 Å². The Bertz CT molecular complexity index is 726. The van der Waals surface area contributed by atoms with Crippen molar-refractivity contribution in [3.8, 4) is 0 Å². The average Bonchev–Trinajstić information content (AvgIpc) is 2.90. The summed E-state index contributed by atoms with van der Waals surface area (Å²) >= 11 is 0. The fraction of sp³-hybridized carbons (Fsp3) is 0.588. The van der Waals surface area contributed by atoms with Crippen LogP contribution in [0.4, 0.5) is 0 Å². The predicted molar refractivity (Wildman–Crippen MR) is 90.8 cm³/mol. The third kappa shape index (κ3) is 3.48. The number of rotatable bonds is 4. The van der Waals surface area contributed by atoms with Gasteiger partial charge in [-0.3, -0.25) is 4.79 Å². The minimum absolute atomic E-state index is 0.0963. The van der Waals surface area contributed by atoms with Crippen molar-refractivity contribution in [1.29, 1.82) is 0 Å². The highest BCUT2D eigenvalue weighted by Crippen LogP contribution is 2.36. The van der Waals surface area contributed by atoms with Crippen LogP contribution in [-0.2, 0) is 26.8 Å². The van der Waals surface area contributed by atoms with E-state index in [4.69, 9.17) is 0 Å². The van der Waals surface area contributed by atoms with Gasteiger partial charge in [-0.15, -0.1) is 0 Å². The van der Waals surface area contributed by atoms with Crippen molar-refractivity contribution >= 4 is 15.9 Å². The number of nitrogens with zero attached hydrogens (tertiary/aromatic N) is 1. The summed E-state index contributed by atoms with van der Waals surface area (Å²) in [5, 5.41) is 13.7. The SMILES string of the molecule is CS(=O)(=O)N1CCC(C(=O)NCC2(O)CCc3ccccc32)CC1. The second-order valence-electron chi connectivity index (χ2n) is 6.84. The molecule has 1 unspecified atom stereocenters. The number of aryl methyl sites for hydroxylation is 1. The summed E-state index contributed by atoms with van der Waals surface area (Å²) in [4.78, 5) is 12.4. The maximum atomic E-state index is 12.4. The zero-order valence-electron chi connectivity index (χ0n) is 13.9. The smallest absolute Gasteiger partial charge is 0.223 e. The predicted octanol–water partition coefficient (Wildman–Crippen LogP) is 0.608. The summed E-state index contributed by atoms with van der Waals surface area (Å²) in [5.74, 6) is -0.288. The lowest BCUT2D eigenvalue weighted by molar-refractivity contribution is -0.127. The van der Waals surface area contributed by atoms with E-state index in [2.05, 4.69) is 5.32 Å². The Morgan fingerprint density at radius 2 is 2.00 bits per heavy atom. The highest BCUT2D eigenvalue weighted by molar-refractivity contribution is 7.88. The maximum absolute atomic E-state index is 12.4. The molecule has 1 aliphatic heterocycles. The Hall–Kier alpha value is -1.44. The van der Waals surface area contributed by atoms with Crippen LogP contribution in [0, 0.1) is 5.92 Å². The van der Waals surface area contributed by atoms with E-state index < -0.39 is 15.6 Å². The number of aliphatic hydroxyl groups is 1. The summed E-state index contributed by atoms with van der Waals surface area (Å²) in [5.41, 5.74) is 1.03. The zero-order valence-corrected chi connectivity index (χ0v) is 14.7. The molecule has 1 aliphatic carbocycles. The summed E-state index contributed by atoms with van der Waals surface area (Å²) < 4.78 is 24.4. The Labute approximate surface area is 142 Å². The van der Waals surface area contributed by atoms with Gasteiger partial charge in [-0.1, -0.05) is 24.3 Å². The molecule has 0 spiro atoms. The van der Waals surface area contributed by atoms with Gasteiger partial charge in [0.05, 0.1) is 12.8 Å². The van der Waals surface area contributed by atoms with Crippen LogP contribution in [0.2, 0.25) is 0 Å². The van der Waals surface area contributed by atoms with Crippen molar-refractivity contribution in [3.63, 3.8) is 0 Å². The molecule has 24 heavy (non-hydrogen) atoms. The van der Waals surface area contributed by atoms with Crippen LogP contribution in [0.25, 0.3) is 0 Å². The van der Waals surface area contributed by atoms with Crippen LogP contribution in [0.1, 0.15) is 30.4 Å². The molecule has 0 radical (unpaired) electrons. The van der Waals surface area contributed by atoms with E-state index in [0.29, 0.717) is 32.4 Å². The van der Waals surface area contributed by atoms with Crippen molar-refractivity contribution in [1.82, 2.24) is 9.62 Å². The van der Waals surface area contributed by atoms with Gasteiger partial charge >= 0.3 is 0 Å². The van der Waals surface area contributed by atoms with Gasteiger partial charge in [-0.05, 0) is 36.8 Å². The van der Waals surface area contributed by atoms with Gasteiger partial charge in [0, 0.05) is 19.0 Å². The largest absolute Gasteiger partial charge is 0.383 e. The summed E-state index contributed by atoms with van der Waals surface area (Å²) in [6.07, 6.45) is 3.66. The highest BCUT2D eigenvalue weighted by Gasteiger charge is 2.37. The minimum Gasteiger partial charge on any atom is -0.383 e. The molecule has 3 rings (SSSR count). The molecule has 7 heteroatoms. The van der Waals surface area contributed by atoms with Crippen LogP contribution in [0.3, 0.4) is 0 Å². The van der Waals surface area contributed by atoms with Crippen molar-refractivity contribution in [2.45, 2.75) is 31.3 Å². The standard InChI is InChI=1S/C17H24N2O4S/c1-24(22,23)19-10-7-14(8-11-19)16(20)18-12-17(21)9-6-13-4-2-3-5-15(13)17/h2-5,14,21H,6-12H2,1H3,(H,18,20). The molecule has 1 amide bonds. The fourth-order valence-electron chi connectivity index (χ4n) is 3.68. The highest BCUT2D eigenvalue weighted by atomic mass is 32.2. The number of nitrogens with one attached hydrogen (secondary N) is 1. The Morgan fingerprint density at radius 1 is 1.33 bits per heavy atom. The van der Waals surface area contributed by atoms with Crippen molar-refractivity contribution in [3.05, 3.63) is 35.4 Å². The zero-order chi connectivity index (χ0) is 17.4. The third-order valence-electron chi connectivity index (χ3n) is 5.18. The number of hydrogen-bond acceptors (Lipinski definition) is 4. The number of sulfonamides is 1. The van der Waals surface area contributed by atoms with E-state index in [0.717, 1.165) is 17.5 Å². The van der Waals surface area contributed by atoms with Crippen LogP contribution in [0.15, 0.2) is 24.3 Å². The molecular weight excluding hydrogens is 328 g/mol. The molecule has 1 saturated heterocycles. The van der Waals surface area contributed by atoms with E-state index in [1.807, 2.05) is 24.3 Å². The number of fused-ring (bicyclic) bond motifs is 1. The second-order valence-corrected chi connectivity index (χ2v) is 8.83. The molecule has 2 N–H and O–H groups in total. The Kier molecular flexibility index (Phi) is 4.68. The van der Waals surface area contributed by atoms with Crippen LogP contribution in [-0.4, -0.2) is 49.6 Å². The summed E-state index contributed by atoms with van der Waals surface area (Å²) in [7, 11) is -3.18. The summed E-state index contributed by atoms with van der Waals surface area (Å²) in [6, 6.07) is 7.78. The van der Waals surface area contributed by atoms with Gasteiger partial charge < -0.3 is 10.4 Å². The van der Waals surface area contributed by atoms with E-state index in [9.17, 15) is 18.3 Å². The molecule has 0 bridgehead atoms. The number of piperidine rings is 1. The quantitative estimate of drug-likeness (QED) is 0.831. The molecule has 6 nitrogen and oxygen atoms in total. The topological polar surface area (TPSA) is 86.7 Å². The molecule has 132 valence electrons. The lowest BCUT2D eigenvalue weighted by Crippen LogP contribution is -2.45. The average molecular weight is 352 g/mol. The Morgan fingerprint density at radius 3 is 2.67 bits per heavy atom. The number of amides is 1. The first-order chi connectivity index (χ1) is 11.3. The van der Waals surface area contributed by atoms with Crippen molar-refractivity contribution in [2.24, 2.45) is 5.92 Å². The maximum Gasteiger partial charge on any atom is 0.223 e. The molecule has 2 aliphatic rings. The van der Waals surface area contributed by atoms with Gasteiger partial charge in [-0.2, -0.15) is 0 Å². The van der Waals surface area contributed by atoms with Gasteiger partial charge in [0.2, 0.25) is 15.9 Å². The van der Waals surface area contributed by atoms with E-state index in [-0.39, 0.29) is 18.4 Å². The Balaban J connectivity index is 1.56. The first-order valence-corrected chi connectivity index (χ1v) is 10.2. The van der Waals surface area contributed by atoms with Crippen LogP contribution in [0.5, 0.6) is 0 Å². The molecule has 1 fully saturated rings. The van der Waals surface area contributed by atoms with Gasteiger partial charge in [-0.25, -0.2) is 12.7 Å². The van der Waals surface area contributed by atoms with Gasteiger partial charge in [0.25, 0.3) is 0 Å². The first-order valence-electron chi connectivity index (χ1n) is 8.33. The molecule has 1 aromatic rings. The number of carbonyl (C=O) groups is 1. The van der Waals surface area contributed by atoms with E-state index in [1.165, 1.54) is 10.6 Å². The third-order valence-corrected chi connectivity index (χ3v) is 6.48. The molecule has 0 aromatic heterocycles. The lowest BCUT2D eigenvalue weighted by atomic mass is 9.94. The van der Waals surface area contributed by atoms with Crippen LogP contribution >= 0.6 is 0 Å². The van der Waals surface area contributed by atoms with Crippen molar-refractivity contribution in [2.75, 3.05) is 25.9 Å². The molecule has 1 heterocycles. The molecule has 1 atom stereocenters. The lowest BCUT2D eigenvalue weighted by Gasteiger charge is -2.31. The normalized spacial score (nSPS) is 25.4. The van der Waals surface area contributed by atoms with Gasteiger partial charge in [0.15, 0.2) is 0 Å². The van der Waals surface area contributed by atoms with E-state index in [1.54, 1.807) is 0 Å². The van der Waals surface area contributed by atoms with E-state index >= 15 is 0 Å². The first kappa shape index (κ1) is 17.4. The number of carbonyl (C=O) groups excluding carboxylic acids is 1. The molecule has 1 aromatic carbocycles.